The number of nitrogens with one attached hydrogen (secondary N) is 1. The van der Waals surface area contributed by atoms with Crippen LogP contribution in [0.2, 0.25) is 0 Å². The average Bonchev–Trinajstić information content (AvgIpc) is 3.23. The van der Waals surface area contributed by atoms with Crippen LogP contribution in [-0.4, -0.2) is 62.5 Å². The Hall–Kier alpha value is -2.86. The van der Waals surface area contributed by atoms with E-state index in [-0.39, 0.29) is 11.8 Å². The van der Waals surface area contributed by atoms with Crippen molar-refractivity contribution in [1.29, 1.82) is 0 Å². The molecule has 6 heteroatoms. The molecule has 2 amide bonds. The first-order chi connectivity index (χ1) is 14.7. The lowest BCUT2D eigenvalue weighted by molar-refractivity contribution is -0.117. The van der Waals surface area contributed by atoms with Crippen molar-refractivity contribution in [3.8, 4) is 0 Å². The second-order valence-corrected chi connectivity index (χ2v) is 7.97. The number of hydrogen-bond acceptors (Lipinski definition) is 4. The summed E-state index contributed by atoms with van der Waals surface area (Å²) in [6.45, 7) is 6.64. The van der Waals surface area contributed by atoms with E-state index < -0.39 is 0 Å². The summed E-state index contributed by atoms with van der Waals surface area (Å²) in [6, 6.07) is 17.9. The van der Waals surface area contributed by atoms with E-state index in [1.807, 2.05) is 12.1 Å². The van der Waals surface area contributed by atoms with Crippen LogP contribution in [0.15, 0.2) is 54.6 Å². The van der Waals surface area contributed by atoms with Crippen LogP contribution in [0, 0.1) is 0 Å². The molecular formula is C24H30N4O2. The van der Waals surface area contributed by atoms with Gasteiger partial charge < -0.3 is 15.1 Å². The molecule has 2 saturated heterocycles. The summed E-state index contributed by atoms with van der Waals surface area (Å²) in [6.07, 6.45) is 2.46. The molecule has 0 saturated carbocycles. The topological polar surface area (TPSA) is 55.9 Å². The molecule has 0 aliphatic carbocycles. The number of nitrogens with zero attached hydrogens (tertiary/aromatic N) is 3. The zero-order valence-corrected chi connectivity index (χ0v) is 17.4. The Labute approximate surface area is 178 Å². The number of para-hydroxylation sites is 1. The first-order valence-electron chi connectivity index (χ1n) is 10.9. The summed E-state index contributed by atoms with van der Waals surface area (Å²) in [5.41, 5.74) is 2.81. The normalized spacial score (nSPS) is 17.4. The lowest BCUT2D eigenvalue weighted by Crippen LogP contribution is -2.47. The highest BCUT2D eigenvalue weighted by atomic mass is 16.2. The van der Waals surface area contributed by atoms with Gasteiger partial charge in [-0.2, -0.15) is 0 Å². The van der Waals surface area contributed by atoms with Gasteiger partial charge in [-0.05, 0) is 55.8 Å². The molecule has 2 aromatic rings. The maximum absolute atomic E-state index is 12.4. The average molecular weight is 407 g/mol. The fraction of sp³-hybridized carbons (Fsp3) is 0.417. The second-order valence-electron chi connectivity index (χ2n) is 7.97. The van der Waals surface area contributed by atoms with Crippen LogP contribution in [0.25, 0.3) is 0 Å². The second kappa shape index (κ2) is 9.76. The van der Waals surface area contributed by atoms with Crippen molar-refractivity contribution in [2.75, 3.05) is 55.6 Å². The Morgan fingerprint density at radius 3 is 2.27 bits per heavy atom. The minimum absolute atomic E-state index is 0.0526. The molecule has 0 atom stereocenters. The third-order valence-corrected chi connectivity index (χ3v) is 5.94. The minimum Gasteiger partial charge on any atom is -0.369 e. The molecule has 4 rings (SSSR count). The van der Waals surface area contributed by atoms with Crippen molar-refractivity contribution in [2.24, 2.45) is 0 Å². The van der Waals surface area contributed by atoms with Crippen LogP contribution < -0.4 is 15.1 Å². The van der Waals surface area contributed by atoms with Crippen molar-refractivity contribution in [3.05, 3.63) is 60.2 Å². The van der Waals surface area contributed by atoms with Crippen LogP contribution in [0.1, 0.15) is 29.6 Å². The van der Waals surface area contributed by atoms with E-state index in [1.54, 1.807) is 17.0 Å². The summed E-state index contributed by atoms with van der Waals surface area (Å²) >= 11 is 0. The molecule has 2 aliphatic rings. The number of amides is 2. The monoisotopic (exact) mass is 406 g/mol. The fourth-order valence-electron chi connectivity index (χ4n) is 4.19. The highest BCUT2D eigenvalue weighted by molar-refractivity contribution is 5.97. The van der Waals surface area contributed by atoms with E-state index in [1.165, 1.54) is 5.69 Å². The highest BCUT2D eigenvalue weighted by Crippen LogP contribution is 2.21. The predicted octanol–water partition coefficient (Wildman–Crippen LogP) is 2.76. The lowest BCUT2D eigenvalue weighted by atomic mass is 10.2. The summed E-state index contributed by atoms with van der Waals surface area (Å²) in [7, 11) is 0. The van der Waals surface area contributed by atoms with Gasteiger partial charge in [-0.1, -0.05) is 18.2 Å². The Morgan fingerprint density at radius 1 is 0.867 bits per heavy atom. The molecular weight excluding hydrogens is 376 g/mol. The standard InChI is InChI=1S/C24H30N4O2/c29-23-8-4-15-28(23)22-11-9-20(10-12-22)24(30)25-13-5-14-26-16-18-27(19-17-26)21-6-2-1-3-7-21/h1-3,6-7,9-12H,4-5,8,13-19H2,(H,25,30). The van der Waals surface area contributed by atoms with Crippen LogP contribution in [0.5, 0.6) is 0 Å². The van der Waals surface area contributed by atoms with Crippen LogP contribution >= 0.6 is 0 Å². The van der Waals surface area contributed by atoms with Crippen molar-refractivity contribution < 1.29 is 9.59 Å². The van der Waals surface area contributed by atoms with Gasteiger partial charge in [0.05, 0.1) is 0 Å². The molecule has 30 heavy (non-hydrogen) atoms. The number of hydrogen-bond donors (Lipinski definition) is 1. The molecule has 0 bridgehead atoms. The van der Waals surface area contributed by atoms with E-state index in [4.69, 9.17) is 0 Å². The van der Waals surface area contributed by atoms with E-state index in [9.17, 15) is 9.59 Å². The van der Waals surface area contributed by atoms with Gasteiger partial charge >= 0.3 is 0 Å². The number of benzene rings is 2. The summed E-state index contributed by atoms with van der Waals surface area (Å²) in [5.74, 6) is 0.111. The van der Waals surface area contributed by atoms with Crippen molar-refractivity contribution in [1.82, 2.24) is 10.2 Å². The highest BCUT2D eigenvalue weighted by Gasteiger charge is 2.21. The van der Waals surface area contributed by atoms with Gasteiger partial charge in [-0.25, -0.2) is 0 Å². The Bertz CT molecular complexity index is 845. The van der Waals surface area contributed by atoms with E-state index in [0.29, 0.717) is 18.5 Å². The fourth-order valence-corrected chi connectivity index (χ4v) is 4.19. The van der Waals surface area contributed by atoms with Gasteiger partial charge in [0, 0.05) is 62.6 Å². The Morgan fingerprint density at radius 2 is 1.60 bits per heavy atom. The van der Waals surface area contributed by atoms with E-state index in [0.717, 1.165) is 57.8 Å². The SMILES string of the molecule is O=C(NCCCN1CCN(c2ccccc2)CC1)c1ccc(N2CCCC2=O)cc1. The smallest absolute Gasteiger partial charge is 0.251 e. The molecule has 2 aromatic carbocycles. The molecule has 158 valence electrons. The molecule has 2 fully saturated rings. The molecule has 6 nitrogen and oxygen atoms in total. The third kappa shape index (κ3) is 5.00. The molecule has 0 aromatic heterocycles. The maximum Gasteiger partial charge on any atom is 0.251 e. The summed E-state index contributed by atoms with van der Waals surface area (Å²) in [4.78, 5) is 30.9. The molecule has 2 heterocycles. The van der Waals surface area contributed by atoms with Crippen molar-refractivity contribution in [3.63, 3.8) is 0 Å². The summed E-state index contributed by atoms with van der Waals surface area (Å²) in [5, 5.41) is 3.01. The molecule has 0 radical (unpaired) electrons. The first-order valence-corrected chi connectivity index (χ1v) is 10.9. The van der Waals surface area contributed by atoms with E-state index in [2.05, 4.69) is 45.4 Å². The third-order valence-electron chi connectivity index (χ3n) is 5.94. The molecule has 1 N–H and O–H groups in total. The quantitative estimate of drug-likeness (QED) is 0.719. The van der Waals surface area contributed by atoms with Crippen LogP contribution in [0.3, 0.4) is 0 Å². The van der Waals surface area contributed by atoms with E-state index >= 15 is 0 Å². The van der Waals surface area contributed by atoms with Gasteiger partial charge in [0.1, 0.15) is 0 Å². The van der Waals surface area contributed by atoms with Crippen molar-refractivity contribution >= 4 is 23.2 Å². The molecule has 2 aliphatic heterocycles. The molecule has 0 unspecified atom stereocenters. The summed E-state index contributed by atoms with van der Waals surface area (Å²) < 4.78 is 0. The van der Waals surface area contributed by atoms with Crippen LogP contribution in [0.4, 0.5) is 11.4 Å². The first kappa shape index (κ1) is 20.4. The number of carbonyl (C=O) groups is 2. The van der Waals surface area contributed by atoms with Crippen LogP contribution in [-0.2, 0) is 4.79 Å². The van der Waals surface area contributed by atoms with Gasteiger partial charge in [-0.3, -0.25) is 14.5 Å². The zero-order valence-electron chi connectivity index (χ0n) is 17.4. The molecule has 0 spiro atoms. The number of piperazine rings is 1. The van der Waals surface area contributed by atoms with Gasteiger partial charge in [-0.15, -0.1) is 0 Å². The largest absolute Gasteiger partial charge is 0.369 e. The van der Waals surface area contributed by atoms with Gasteiger partial charge in [0.2, 0.25) is 5.91 Å². The Kier molecular flexibility index (Phi) is 6.64. The maximum atomic E-state index is 12.4. The Balaban J connectivity index is 1.15. The number of carbonyl (C=O) groups excluding carboxylic acids is 2. The van der Waals surface area contributed by atoms with Gasteiger partial charge in [0.15, 0.2) is 0 Å². The van der Waals surface area contributed by atoms with Gasteiger partial charge in [0.25, 0.3) is 5.91 Å². The lowest BCUT2D eigenvalue weighted by Gasteiger charge is -2.36. The van der Waals surface area contributed by atoms with Crippen molar-refractivity contribution in [2.45, 2.75) is 19.3 Å². The number of anilines is 2. The minimum atomic E-state index is -0.0526. The number of rotatable bonds is 7. The predicted molar refractivity (Wildman–Crippen MR) is 120 cm³/mol. The zero-order chi connectivity index (χ0) is 20.8.